The summed E-state index contributed by atoms with van der Waals surface area (Å²) in [7, 11) is 0. The minimum Gasteiger partial charge on any atom is -0.508 e. The van der Waals surface area contributed by atoms with Crippen LogP contribution in [-0.4, -0.2) is 58.0 Å². The van der Waals surface area contributed by atoms with Crippen LogP contribution >= 0.6 is 11.8 Å². The first-order valence-corrected chi connectivity index (χ1v) is 10.4. The Kier molecular flexibility index (Phi) is 5.71. The second-order valence-electron chi connectivity index (χ2n) is 6.86. The number of hydrogen-bond donors (Lipinski definition) is 1. The van der Waals surface area contributed by atoms with Crippen molar-refractivity contribution in [3.63, 3.8) is 0 Å². The molecule has 150 valence electrons. The molecule has 1 aliphatic heterocycles. The second kappa shape index (κ2) is 8.57. The number of nitrogens with zero attached hydrogens (tertiary/aromatic N) is 4. The van der Waals surface area contributed by atoms with Gasteiger partial charge in [0.05, 0.1) is 5.75 Å². The van der Waals surface area contributed by atoms with Crippen LogP contribution in [0.15, 0.2) is 58.2 Å². The second-order valence-corrected chi connectivity index (χ2v) is 7.79. The first-order valence-electron chi connectivity index (χ1n) is 9.44. The van der Waals surface area contributed by atoms with Crippen molar-refractivity contribution in [3.05, 3.63) is 54.1 Å². The van der Waals surface area contributed by atoms with E-state index in [-0.39, 0.29) is 17.4 Å². The number of amides is 1. The van der Waals surface area contributed by atoms with E-state index >= 15 is 0 Å². The van der Waals surface area contributed by atoms with Gasteiger partial charge in [0.15, 0.2) is 0 Å². The quantitative estimate of drug-likeness (QED) is 0.647. The van der Waals surface area contributed by atoms with E-state index in [1.807, 2.05) is 48.2 Å². The number of aromatic hydroxyl groups is 1. The molecule has 0 aliphatic carbocycles. The molecule has 1 aromatic heterocycles. The van der Waals surface area contributed by atoms with Gasteiger partial charge in [0.1, 0.15) is 5.75 Å². The Labute approximate surface area is 173 Å². The van der Waals surface area contributed by atoms with E-state index in [0.717, 1.165) is 29.9 Å². The molecule has 0 atom stereocenters. The van der Waals surface area contributed by atoms with Gasteiger partial charge >= 0.3 is 0 Å². The normalized spacial score (nSPS) is 14.2. The summed E-state index contributed by atoms with van der Waals surface area (Å²) in [6, 6.07) is 15.0. The minimum atomic E-state index is 0.0657. The highest BCUT2D eigenvalue weighted by atomic mass is 32.2. The predicted molar refractivity (Wildman–Crippen MR) is 112 cm³/mol. The summed E-state index contributed by atoms with van der Waals surface area (Å²) in [4.78, 5) is 16.6. The molecule has 1 saturated heterocycles. The maximum Gasteiger partial charge on any atom is 0.277 e. The number of rotatable bonds is 5. The summed E-state index contributed by atoms with van der Waals surface area (Å²) in [5, 5.41) is 18.0. The summed E-state index contributed by atoms with van der Waals surface area (Å²) in [5.74, 6) is 1.07. The molecule has 1 fully saturated rings. The van der Waals surface area contributed by atoms with Gasteiger partial charge in [-0.25, -0.2) is 0 Å². The lowest BCUT2D eigenvalue weighted by Gasteiger charge is -2.36. The summed E-state index contributed by atoms with van der Waals surface area (Å²) >= 11 is 1.27. The Bertz CT molecular complexity index is 982. The average Bonchev–Trinajstić information content (AvgIpc) is 3.22. The van der Waals surface area contributed by atoms with E-state index in [1.54, 1.807) is 12.1 Å². The fourth-order valence-corrected chi connectivity index (χ4v) is 3.95. The Hall–Kier alpha value is -3.00. The number of thioether (sulfide) groups is 1. The van der Waals surface area contributed by atoms with E-state index < -0.39 is 0 Å². The molecule has 1 amide bonds. The van der Waals surface area contributed by atoms with Gasteiger partial charge in [-0.2, -0.15) is 0 Å². The van der Waals surface area contributed by atoms with Crippen molar-refractivity contribution in [3.8, 4) is 17.2 Å². The number of hydrogen-bond acceptors (Lipinski definition) is 7. The zero-order chi connectivity index (χ0) is 20.2. The molecule has 8 heteroatoms. The lowest BCUT2D eigenvalue weighted by Crippen LogP contribution is -2.49. The Morgan fingerprint density at radius 3 is 2.52 bits per heavy atom. The van der Waals surface area contributed by atoms with E-state index in [2.05, 4.69) is 15.1 Å². The lowest BCUT2D eigenvalue weighted by atomic mass is 10.1. The van der Waals surface area contributed by atoms with Gasteiger partial charge in [-0.05, 0) is 42.8 Å². The predicted octanol–water partition coefficient (Wildman–Crippen LogP) is 3.19. The van der Waals surface area contributed by atoms with Crippen molar-refractivity contribution in [1.82, 2.24) is 15.1 Å². The Morgan fingerprint density at radius 1 is 1.07 bits per heavy atom. The maximum atomic E-state index is 12.6. The SMILES string of the molecule is Cc1ccccc1-c1nnc(SCC(=O)N2CCN(c3ccc(O)cc3)CC2)o1. The monoisotopic (exact) mass is 410 g/mol. The van der Waals surface area contributed by atoms with Gasteiger partial charge in [-0.15, -0.1) is 10.2 Å². The molecule has 0 unspecified atom stereocenters. The molecule has 0 bridgehead atoms. The Balaban J connectivity index is 1.29. The maximum absolute atomic E-state index is 12.6. The van der Waals surface area contributed by atoms with Gasteiger partial charge in [-0.1, -0.05) is 30.0 Å². The number of phenolic OH excluding ortho intramolecular Hbond substituents is 1. The third-order valence-corrected chi connectivity index (χ3v) is 5.75. The lowest BCUT2D eigenvalue weighted by molar-refractivity contribution is -0.128. The third kappa shape index (κ3) is 4.54. The summed E-state index contributed by atoms with van der Waals surface area (Å²) < 4.78 is 5.71. The zero-order valence-electron chi connectivity index (χ0n) is 16.1. The number of aryl methyl sites for hydroxylation is 1. The van der Waals surface area contributed by atoms with E-state index in [0.29, 0.717) is 24.2 Å². The fourth-order valence-electron chi connectivity index (χ4n) is 3.28. The van der Waals surface area contributed by atoms with Gasteiger partial charge in [0, 0.05) is 37.4 Å². The van der Waals surface area contributed by atoms with Gasteiger partial charge in [0.2, 0.25) is 11.8 Å². The number of phenols is 1. The van der Waals surface area contributed by atoms with Crippen LogP contribution in [0.3, 0.4) is 0 Å². The minimum absolute atomic E-state index is 0.0657. The van der Waals surface area contributed by atoms with E-state index in [4.69, 9.17) is 4.42 Å². The van der Waals surface area contributed by atoms with Crippen LogP contribution in [0.2, 0.25) is 0 Å². The smallest absolute Gasteiger partial charge is 0.277 e. The number of carbonyl (C=O) groups is 1. The van der Waals surface area contributed by atoms with Crippen LogP contribution in [0.4, 0.5) is 5.69 Å². The molecule has 2 aromatic carbocycles. The van der Waals surface area contributed by atoms with Crippen LogP contribution in [-0.2, 0) is 4.79 Å². The Morgan fingerprint density at radius 2 is 1.79 bits per heavy atom. The molecule has 0 spiro atoms. The van der Waals surface area contributed by atoms with Crippen molar-refractivity contribution in [2.75, 3.05) is 36.8 Å². The summed E-state index contributed by atoms with van der Waals surface area (Å²) in [5.41, 5.74) is 3.03. The highest BCUT2D eigenvalue weighted by Crippen LogP contribution is 2.26. The molecule has 4 rings (SSSR count). The van der Waals surface area contributed by atoms with Crippen molar-refractivity contribution in [2.45, 2.75) is 12.1 Å². The van der Waals surface area contributed by atoms with Gasteiger partial charge in [0.25, 0.3) is 5.22 Å². The van der Waals surface area contributed by atoms with Crippen LogP contribution in [0.1, 0.15) is 5.56 Å². The summed E-state index contributed by atoms with van der Waals surface area (Å²) in [6.45, 7) is 4.85. The molecular weight excluding hydrogens is 388 g/mol. The van der Waals surface area contributed by atoms with Crippen molar-refractivity contribution < 1.29 is 14.3 Å². The average molecular weight is 410 g/mol. The summed E-state index contributed by atoms with van der Waals surface area (Å²) in [6.07, 6.45) is 0. The number of carbonyl (C=O) groups excluding carboxylic acids is 1. The highest BCUT2D eigenvalue weighted by Gasteiger charge is 2.22. The first kappa shape index (κ1) is 19.3. The molecule has 7 nitrogen and oxygen atoms in total. The molecule has 0 radical (unpaired) electrons. The fraction of sp³-hybridized carbons (Fsp3) is 0.286. The van der Waals surface area contributed by atoms with Crippen LogP contribution in [0, 0.1) is 6.92 Å². The molecule has 0 saturated carbocycles. The third-order valence-electron chi connectivity index (χ3n) is 4.95. The number of anilines is 1. The van der Waals surface area contributed by atoms with Crippen LogP contribution in [0.25, 0.3) is 11.5 Å². The largest absolute Gasteiger partial charge is 0.508 e. The van der Waals surface area contributed by atoms with Crippen LogP contribution < -0.4 is 4.90 Å². The van der Waals surface area contributed by atoms with E-state index in [1.165, 1.54) is 11.8 Å². The number of aromatic nitrogens is 2. The topological polar surface area (TPSA) is 82.7 Å². The number of piperazine rings is 1. The van der Waals surface area contributed by atoms with Gasteiger partial charge in [-0.3, -0.25) is 4.79 Å². The molecule has 29 heavy (non-hydrogen) atoms. The van der Waals surface area contributed by atoms with Gasteiger partial charge < -0.3 is 19.3 Å². The molecule has 1 N–H and O–H groups in total. The zero-order valence-corrected chi connectivity index (χ0v) is 16.9. The molecule has 2 heterocycles. The van der Waals surface area contributed by atoms with Crippen molar-refractivity contribution in [1.29, 1.82) is 0 Å². The highest BCUT2D eigenvalue weighted by molar-refractivity contribution is 7.99. The standard InChI is InChI=1S/C21H22N4O3S/c1-15-4-2-3-5-18(15)20-22-23-21(28-20)29-14-19(27)25-12-10-24(11-13-25)16-6-8-17(26)9-7-16/h2-9,26H,10-14H2,1H3. The first-order chi connectivity index (χ1) is 14.1. The number of benzene rings is 2. The van der Waals surface area contributed by atoms with Crippen molar-refractivity contribution >= 4 is 23.4 Å². The van der Waals surface area contributed by atoms with E-state index in [9.17, 15) is 9.90 Å². The van der Waals surface area contributed by atoms with Crippen LogP contribution in [0.5, 0.6) is 5.75 Å². The molecule has 3 aromatic rings. The molecular formula is C21H22N4O3S. The molecule has 1 aliphatic rings. The van der Waals surface area contributed by atoms with Crippen molar-refractivity contribution in [2.24, 2.45) is 0 Å².